The Bertz CT molecular complexity index is 395. The molecule has 0 aromatic rings. The van der Waals surface area contributed by atoms with Gasteiger partial charge in [0.2, 0.25) is 0 Å². The molecule has 2 rings (SSSR count). The third-order valence-electron chi connectivity index (χ3n) is 1.39. The first kappa shape index (κ1) is 6.03. The van der Waals surface area contributed by atoms with Gasteiger partial charge in [-0.25, -0.2) is 9.36 Å². The summed E-state index contributed by atoms with van der Waals surface area (Å²) in [5.74, 6) is 0.569. The van der Waals surface area contributed by atoms with Gasteiger partial charge in [0.15, 0.2) is 5.82 Å². The van der Waals surface area contributed by atoms with E-state index in [-0.39, 0.29) is 5.69 Å². The van der Waals surface area contributed by atoms with Crippen molar-refractivity contribution in [2.24, 2.45) is 0 Å². The fourth-order valence-corrected chi connectivity index (χ4v) is 0.884. The molecule has 4 heteroatoms. The van der Waals surface area contributed by atoms with Crippen LogP contribution in [0.4, 0.5) is 0 Å². The number of rotatable bonds is 0. The molecule has 0 amide bonds. The van der Waals surface area contributed by atoms with E-state index in [9.17, 15) is 4.79 Å². The molecule has 0 saturated carbocycles. The maximum Gasteiger partial charge on any atom is 0.372 e. The molecule has 0 fully saturated rings. The van der Waals surface area contributed by atoms with Crippen molar-refractivity contribution >= 4 is 0 Å². The fraction of sp³-hybridized carbons (Fsp3) is 0. The zero-order valence-corrected chi connectivity index (χ0v) is 5.64. The fourth-order valence-electron chi connectivity index (χ4n) is 0.884. The molecule has 54 valence electrons. The van der Waals surface area contributed by atoms with Crippen LogP contribution in [-0.4, -0.2) is 14.8 Å². The first-order valence-corrected chi connectivity index (χ1v) is 3.18. The van der Waals surface area contributed by atoms with Gasteiger partial charge in [-0.2, -0.15) is 0 Å². The van der Waals surface area contributed by atoms with E-state index in [4.69, 9.17) is 0 Å². The first-order chi connectivity index (χ1) is 5.38. The largest absolute Gasteiger partial charge is 0.372 e. The van der Waals surface area contributed by atoms with Gasteiger partial charge in [0, 0.05) is 6.20 Å². The van der Waals surface area contributed by atoms with Gasteiger partial charge in [-0.3, -0.25) is 0 Å². The molecule has 0 N–H and O–H groups in total. The maximum atomic E-state index is 10.9. The van der Waals surface area contributed by atoms with Crippen molar-refractivity contribution < 1.29 is 0 Å². The SMILES string of the molecule is O=c1nnc2cccccn1-2. The third kappa shape index (κ3) is 0.881. The van der Waals surface area contributed by atoms with Gasteiger partial charge in [-0.15, -0.1) is 5.10 Å². The van der Waals surface area contributed by atoms with Crippen LogP contribution in [0.3, 0.4) is 0 Å². The molecular weight excluding hydrogens is 142 g/mol. The van der Waals surface area contributed by atoms with E-state index >= 15 is 0 Å². The summed E-state index contributed by atoms with van der Waals surface area (Å²) in [7, 11) is 0. The minimum Gasteiger partial charge on any atom is -0.249 e. The molecule has 0 aromatic carbocycles. The molecule has 0 aromatic heterocycles. The predicted octanol–water partition coefficient (Wildman–Crippen LogP) is 0.0653. The number of hydrogen-bond donors (Lipinski definition) is 0. The monoisotopic (exact) mass is 147 g/mol. The van der Waals surface area contributed by atoms with Crippen molar-refractivity contribution in [3.05, 3.63) is 40.9 Å². The Morgan fingerprint density at radius 2 is 2.09 bits per heavy atom. The minimum atomic E-state index is -0.337. The van der Waals surface area contributed by atoms with E-state index in [1.54, 1.807) is 18.3 Å². The number of fused-ring (bicyclic) bond motifs is 1. The summed E-state index contributed by atoms with van der Waals surface area (Å²) in [6.45, 7) is 0. The summed E-state index contributed by atoms with van der Waals surface area (Å²) in [5, 5.41) is 7.04. The Morgan fingerprint density at radius 1 is 1.18 bits per heavy atom. The smallest absolute Gasteiger partial charge is 0.249 e. The molecule has 2 aliphatic rings. The van der Waals surface area contributed by atoms with Crippen LogP contribution in [0.2, 0.25) is 0 Å². The zero-order chi connectivity index (χ0) is 7.68. The lowest BCUT2D eigenvalue weighted by molar-refractivity contribution is 0.997. The second kappa shape index (κ2) is 2.16. The van der Waals surface area contributed by atoms with Crippen LogP contribution >= 0.6 is 0 Å². The van der Waals surface area contributed by atoms with Gasteiger partial charge in [-0.05, 0) is 12.1 Å². The molecular formula is C7H5N3O. The molecule has 0 unspecified atom stereocenters. The van der Waals surface area contributed by atoms with Gasteiger partial charge in [0.1, 0.15) is 0 Å². The highest BCUT2D eigenvalue weighted by atomic mass is 16.1. The van der Waals surface area contributed by atoms with E-state index < -0.39 is 0 Å². The van der Waals surface area contributed by atoms with Crippen LogP contribution in [0.15, 0.2) is 35.3 Å². The Kier molecular flexibility index (Phi) is 1.18. The predicted molar refractivity (Wildman–Crippen MR) is 38.8 cm³/mol. The summed E-state index contributed by atoms with van der Waals surface area (Å²) in [6.07, 6.45) is 1.64. The number of aromatic nitrogens is 3. The van der Waals surface area contributed by atoms with Crippen LogP contribution in [0.25, 0.3) is 5.82 Å². The zero-order valence-electron chi connectivity index (χ0n) is 5.64. The molecule has 0 aliphatic carbocycles. The topological polar surface area (TPSA) is 47.8 Å². The standard InChI is InChI=1S/C7H5N3O/c11-7-9-8-6-4-2-1-3-5-10(6)7/h1-5H. The van der Waals surface area contributed by atoms with Crippen molar-refractivity contribution in [3.63, 3.8) is 0 Å². The lowest BCUT2D eigenvalue weighted by Gasteiger charge is -1.87. The molecule has 0 saturated heterocycles. The van der Waals surface area contributed by atoms with E-state index in [1.165, 1.54) is 4.57 Å². The number of hydrogen-bond acceptors (Lipinski definition) is 3. The van der Waals surface area contributed by atoms with Gasteiger partial charge in [-0.1, -0.05) is 17.2 Å². The van der Waals surface area contributed by atoms with Gasteiger partial charge >= 0.3 is 5.69 Å². The van der Waals surface area contributed by atoms with Crippen molar-refractivity contribution in [2.45, 2.75) is 0 Å². The molecule has 4 nitrogen and oxygen atoms in total. The summed E-state index contributed by atoms with van der Waals surface area (Å²) in [5.41, 5.74) is -0.337. The van der Waals surface area contributed by atoms with E-state index in [0.717, 1.165) is 0 Å². The van der Waals surface area contributed by atoms with E-state index in [2.05, 4.69) is 10.2 Å². The van der Waals surface area contributed by atoms with Crippen LogP contribution in [0, 0.1) is 0 Å². The van der Waals surface area contributed by atoms with Gasteiger partial charge in [0.25, 0.3) is 0 Å². The summed E-state index contributed by atoms with van der Waals surface area (Å²) in [6, 6.07) is 7.13. The van der Waals surface area contributed by atoms with Crippen molar-refractivity contribution in [1.29, 1.82) is 0 Å². The summed E-state index contributed by atoms with van der Waals surface area (Å²) >= 11 is 0. The van der Waals surface area contributed by atoms with Crippen molar-refractivity contribution in [2.75, 3.05) is 0 Å². The highest BCUT2D eigenvalue weighted by molar-refractivity contribution is 5.20. The lowest BCUT2D eigenvalue weighted by atomic mass is 10.5. The number of nitrogens with zero attached hydrogens (tertiary/aromatic N) is 3. The van der Waals surface area contributed by atoms with Gasteiger partial charge in [0.05, 0.1) is 0 Å². The van der Waals surface area contributed by atoms with Crippen LogP contribution < -0.4 is 5.69 Å². The average molecular weight is 147 g/mol. The molecule has 0 bridgehead atoms. The molecule has 2 heterocycles. The normalized spacial score (nSPS) is 10.2. The van der Waals surface area contributed by atoms with Crippen LogP contribution in [0.5, 0.6) is 0 Å². The second-order valence-corrected chi connectivity index (χ2v) is 2.10. The minimum absolute atomic E-state index is 0.337. The summed E-state index contributed by atoms with van der Waals surface area (Å²) < 4.78 is 1.39. The first-order valence-electron chi connectivity index (χ1n) is 3.18. The Balaban J connectivity index is 2.86. The maximum absolute atomic E-state index is 10.9. The Morgan fingerprint density at radius 3 is 3.00 bits per heavy atom. The van der Waals surface area contributed by atoms with Crippen LogP contribution in [0.1, 0.15) is 0 Å². The summed E-state index contributed by atoms with van der Waals surface area (Å²) in [4.78, 5) is 10.9. The van der Waals surface area contributed by atoms with Crippen molar-refractivity contribution in [3.8, 4) is 5.82 Å². The molecule has 0 spiro atoms. The van der Waals surface area contributed by atoms with E-state index in [1.807, 2.05) is 12.1 Å². The average Bonchev–Trinajstić information content (AvgIpc) is 2.25. The Labute approximate surface area is 62.5 Å². The highest BCUT2D eigenvalue weighted by Crippen LogP contribution is 1.96. The highest BCUT2D eigenvalue weighted by Gasteiger charge is 2.02. The van der Waals surface area contributed by atoms with E-state index in [0.29, 0.717) is 5.82 Å². The second-order valence-electron chi connectivity index (χ2n) is 2.10. The molecule has 0 atom stereocenters. The van der Waals surface area contributed by atoms with Gasteiger partial charge < -0.3 is 0 Å². The molecule has 11 heavy (non-hydrogen) atoms. The van der Waals surface area contributed by atoms with Crippen molar-refractivity contribution in [1.82, 2.24) is 14.8 Å². The lowest BCUT2D eigenvalue weighted by Crippen LogP contribution is -2.11. The molecule has 2 aliphatic heterocycles. The quantitative estimate of drug-likeness (QED) is 0.529. The van der Waals surface area contributed by atoms with Crippen LogP contribution in [-0.2, 0) is 0 Å². The molecule has 0 radical (unpaired) electrons. The third-order valence-corrected chi connectivity index (χ3v) is 1.39. The Hall–Kier alpha value is -1.71.